The van der Waals surface area contributed by atoms with Crippen LogP contribution in [0.2, 0.25) is 0 Å². The number of aliphatic hydroxyl groups is 1. The number of aromatic hydroxyl groups is 1. The summed E-state index contributed by atoms with van der Waals surface area (Å²) in [6.45, 7) is -0.108. The summed E-state index contributed by atoms with van der Waals surface area (Å²) in [6.07, 6.45) is 3.47. The minimum Gasteiger partial charge on any atom is -0.507 e. The molecule has 11 heteroatoms. The third-order valence-electron chi connectivity index (χ3n) is 4.47. The highest BCUT2D eigenvalue weighted by molar-refractivity contribution is 7.92. The second kappa shape index (κ2) is 7.69. The molecule has 0 aliphatic carbocycles. The number of sulfonamides is 1. The van der Waals surface area contributed by atoms with Crippen molar-refractivity contribution in [2.45, 2.75) is 18.0 Å². The van der Waals surface area contributed by atoms with Crippen LogP contribution in [0.5, 0.6) is 11.5 Å². The number of phenolic OH excluding ortho intramolecular Hbond substituents is 1. The lowest BCUT2D eigenvalue weighted by atomic mass is 10.1. The van der Waals surface area contributed by atoms with Crippen molar-refractivity contribution in [3.05, 3.63) is 59.9 Å². The van der Waals surface area contributed by atoms with E-state index in [2.05, 4.69) is 15.0 Å². The SMILES string of the molecule is COc1cc(Cn2cccn2)cc2onc(NS(=O)(=O)c3c(O)cccc3CO)c12. The van der Waals surface area contributed by atoms with Crippen LogP contribution >= 0.6 is 0 Å². The summed E-state index contributed by atoms with van der Waals surface area (Å²) in [4.78, 5) is -0.432. The maximum Gasteiger partial charge on any atom is 0.267 e. The summed E-state index contributed by atoms with van der Waals surface area (Å²) >= 11 is 0. The highest BCUT2D eigenvalue weighted by atomic mass is 32.2. The van der Waals surface area contributed by atoms with Crippen LogP contribution in [0.15, 0.2) is 58.2 Å². The average Bonchev–Trinajstić information content (AvgIpc) is 3.37. The summed E-state index contributed by atoms with van der Waals surface area (Å²) in [5.74, 6) is -0.233. The maximum absolute atomic E-state index is 12.9. The molecule has 4 aromatic rings. The van der Waals surface area contributed by atoms with Crippen molar-refractivity contribution in [1.29, 1.82) is 0 Å². The first-order chi connectivity index (χ1) is 14.4. The van der Waals surface area contributed by atoms with Crippen LogP contribution in [-0.4, -0.2) is 40.7 Å². The number of nitrogens with zero attached hydrogens (tertiary/aromatic N) is 3. The van der Waals surface area contributed by atoms with E-state index in [1.54, 1.807) is 29.1 Å². The fraction of sp³-hybridized carbons (Fsp3) is 0.158. The summed E-state index contributed by atoms with van der Waals surface area (Å²) in [7, 11) is -2.83. The molecule has 0 amide bonds. The van der Waals surface area contributed by atoms with Gasteiger partial charge in [-0.25, -0.2) is 8.42 Å². The average molecular weight is 430 g/mol. The van der Waals surface area contributed by atoms with Crippen molar-refractivity contribution in [2.75, 3.05) is 11.8 Å². The molecule has 3 N–H and O–H groups in total. The van der Waals surface area contributed by atoms with Gasteiger partial charge in [-0.1, -0.05) is 17.3 Å². The normalized spacial score (nSPS) is 11.7. The number of fused-ring (bicyclic) bond motifs is 1. The Morgan fingerprint density at radius 2 is 2.10 bits per heavy atom. The summed E-state index contributed by atoms with van der Waals surface area (Å²) in [5.41, 5.74) is 1.18. The van der Waals surface area contributed by atoms with Gasteiger partial charge in [0.25, 0.3) is 10.0 Å². The second-order valence-corrected chi connectivity index (χ2v) is 8.05. The fourth-order valence-electron chi connectivity index (χ4n) is 3.18. The lowest BCUT2D eigenvalue weighted by Gasteiger charge is -2.12. The van der Waals surface area contributed by atoms with Gasteiger partial charge in [-0.2, -0.15) is 5.10 Å². The van der Waals surface area contributed by atoms with Gasteiger partial charge < -0.3 is 19.5 Å². The third kappa shape index (κ3) is 3.55. The number of hydrogen-bond acceptors (Lipinski definition) is 8. The van der Waals surface area contributed by atoms with Gasteiger partial charge in [0.1, 0.15) is 21.8 Å². The lowest BCUT2D eigenvalue weighted by Crippen LogP contribution is -2.16. The largest absolute Gasteiger partial charge is 0.507 e. The van der Waals surface area contributed by atoms with E-state index in [1.807, 2.05) is 6.20 Å². The van der Waals surface area contributed by atoms with E-state index in [1.165, 1.54) is 25.3 Å². The summed E-state index contributed by atoms with van der Waals surface area (Å²) in [5, 5.41) is 27.8. The van der Waals surface area contributed by atoms with Gasteiger partial charge >= 0.3 is 0 Å². The zero-order valence-corrected chi connectivity index (χ0v) is 16.6. The van der Waals surface area contributed by atoms with E-state index < -0.39 is 27.3 Å². The molecule has 30 heavy (non-hydrogen) atoms. The molecule has 156 valence electrons. The number of aliphatic hydroxyl groups excluding tert-OH is 1. The van der Waals surface area contributed by atoms with Crippen LogP contribution in [0.25, 0.3) is 11.0 Å². The van der Waals surface area contributed by atoms with Crippen molar-refractivity contribution in [3.8, 4) is 11.5 Å². The number of nitrogens with one attached hydrogen (secondary N) is 1. The van der Waals surface area contributed by atoms with Gasteiger partial charge in [0.15, 0.2) is 11.4 Å². The standard InChI is InChI=1S/C19H18N4O6S/c1-28-15-8-12(10-23-7-3-6-20-23)9-16-17(15)19(21-29-16)22-30(26,27)18-13(11-24)4-2-5-14(18)25/h2-9,24-25H,10-11H2,1H3,(H,21,22). The molecule has 0 saturated carbocycles. The zero-order valence-electron chi connectivity index (χ0n) is 15.8. The Morgan fingerprint density at radius 3 is 2.80 bits per heavy atom. The monoisotopic (exact) mass is 430 g/mol. The number of phenols is 1. The third-order valence-corrected chi connectivity index (χ3v) is 5.94. The molecule has 4 rings (SSSR count). The molecule has 0 aliphatic heterocycles. The maximum atomic E-state index is 12.9. The van der Waals surface area contributed by atoms with Gasteiger partial charge in [-0.05, 0) is 29.8 Å². The summed E-state index contributed by atoms with van der Waals surface area (Å²) < 4.78 is 40.6. The van der Waals surface area contributed by atoms with Crippen LogP contribution in [0.4, 0.5) is 5.82 Å². The molecule has 2 aromatic heterocycles. The zero-order chi connectivity index (χ0) is 21.3. The van der Waals surface area contributed by atoms with E-state index in [4.69, 9.17) is 9.26 Å². The van der Waals surface area contributed by atoms with E-state index in [-0.39, 0.29) is 11.4 Å². The second-order valence-electron chi connectivity index (χ2n) is 6.44. The molecular formula is C19H18N4O6S. The van der Waals surface area contributed by atoms with Crippen molar-refractivity contribution < 1.29 is 27.9 Å². The quantitative estimate of drug-likeness (QED) is 0.405. The highest BCUT2D eigenvalue weighted by Gasteiger charge is 2.26. The Morgan fingerprint density at radius 1 is 1.27 bits per heavy atom. The van der Waals surface area contributed by atoms with E-state index in [9.17, 15) is 18.6 Å². The number of benzene rings is 2. The molecule has 0 radical (unpaired) electrons. The first-order valence-electron chi connectivity index (χ1n) is 8.81. The molecule has 0 atom stereocenters. The number of aromatic nitrogens is 3. The molecule has 10 nitrogen and oxygen atoms in total. The van der Waals surface area contributed by atoms with Crippen molar-refractivity contribution in [1.82, 2.24) is 14.9 Å². The van der Waals surface area contributed by atoms with E-state index in [0.717, 1.165) is 5.56 Å². The van der Waals surface area contributed by atoms with Gasteiger partial charge in [0, 0.05) is 18.0 Å². The van der Waals surface area contributed by atoms with Crippen molar-refractivity contribution in [2.24, 2.45) is 0 Å². The Labute approximate surface area is 171 Å². The van der Waals surface area contributed by atoms with Crippen LogP contribution < -0.4 is 9.46 Å². The van der Waals surface area contributed by atoms with Crippen molar-refractivity contribution >= 4 is 26.8 Å². The van der Waals surface area contributed by atoms with Gasteiger partial charge in [0.2, 0.25) is 0 Å². The van der Waals surface area contributed by atoms with E-state index in [0.29, 0.717) is 23.3 Å². The number of rotatable bonds is 7. The molecular weight excluding hydrogens is 412 g/mol. The van der Waals surface area contributed by atoms with Crippen LogP contribution in [0.1, 0.15) is 11.1 Å². The first kappa shape index (κ1) is 19.7. The predicted octanol–water partition coefficient (Wildman–Crippen LogP) is 2.08. The topological polar surface area (TPSA) is 140 Å². The number of methoxy groups -OCH3 is 1. The highest BCUT2D eigenvalue weighted by Crippen LogP contribution is 2.36. The lowest BCUT2D eigenvalue weighted by molar-refractivity contribution is 0.277. The number of hydrogen-bond donors (Lipinski definition) is 3. The smallest absolute Gasteiger partial charge is 0.267 e. The van der Waals surface area contributed by atoms with Gasteiger partial charge in [-0.15, -0.1) is 0 Å². The Bertz CT molecular complexity index is 1300. The summed E-state index contributed by atoms with van der Waals surface area (Å²) in [6, 6.07) is 9.31. The fourth-order valence-corrected chi connectivity index (χ4v) is 4.49. The number of anilines is 1. The van der Waals surface area contributed by atoms with Crippen LogP contribution in [-0.2, 0) is 23.2 Å². The van der Waals surface area contributed by atoms with Gasteiger partial charge in [-0.3, -0.25) is 9.40 Å². The molecule has 2 aromatic carbocycles. The molecule has 2 heterocycles. The molecule has 0 bridgehead atoms. The van der Waals surface area contributed by atoms with Crippen LogP contribution in [0, 0.1) is 0 Å². The van der Waals surface area contributed by atoms with Gasteiger partial charge in [0.05, 0.1) is 20.3 Å². The molecule has 0 spiro atoms. The molecule has 0 saturated heterocycles. The predicted molar refractivity (Wildman–Crippen MR) is 107 cm³/mol. The first-order valence-corrected chi connectivity index (χ1v) is 10.3. The Hall–Kier alpha value is -3.57. The molecule has 0 unspecified atom stereocenters. The van der Waals surface area contributed by atoms with Crippen molar-refractivity contribution in [3.63, 3.8) is 0 Å². The Kier molecular flexibility index (Phi) is 5.06. The van der Waals surface area contributed by atoms with Crippen LogP contribution in [0.3, 0.4) is 0 Å². The molecule has 0 fully saturated rings. The Balaban J connectivity index is 1.75. The minimum atomic E-state index is -4.28. The number of ether oxygens (including phenoxy) is 1. The molecule has 0 aliphatic rings. The minimum absolute atomic E-state index is 0.0452. The van der Waals surface area contributed by atoms with E-state index >= 15 is 0 Å².